The Morgan fingerprint density at radius 3 is 2.03 bits per heavy atom. The van der Waals surface area contributed by atoms with Crippen LogP contribution in [0.4, 0.5) is 0 Å². The number of phenols is 6. The minimum atomic E-state index is -1.58. The number of aromatic hydroxyl groups is 6. The monoisotopic (exact) mass is 494 g/mol. The van der Waals surface area contributed by atoms with E-state index < -0.39 is 35.3 Å². The van der Waals surface area contributed by atoms with Crippen molar-refractivity contribution in [3.63, 3.8) is 0 Å². The molecule has 3 aromatic rings. The highest BCUT2D eigenvalue weighted by atomic mass is 16.6. The summed E-state index contributed by atoms with van der Waals surface area (Å²) in [6.45, 7) is 0. The van der Waals surface area contributed by atoms with Gasteiger partial charge in [-0.2, -0.15) is 0 Å². The molecule has 0 amide bonds. The molecule has 0 heterocycles. The molecule has 0 aromatic heterocycles. The Bertz CT molecular complexity index is 1360. The largest absolute Gasteiger partial charge is 0.504 e. The van der Waals surface area contributed by atoms with E-state index >= 15 is 0 Å². The van der Waals surface area contributed by atoms with Crippen LogP contribution in [-0.4, -0.2) is 53.8 Å². The Hall–Kier alpha value is -5.12. The number of carbonyl (C=O) groups excluding carboxylic acids is 1. The predicted octanol–water partition coefficient (Wildman–Crippen LogP) is 3.34. The zero-order chi connectivity index (χ0) is 26.4. The third-order valence-corrected chi connectivity index (χ3v) is 5.07. The van der Waals surface area contributed by atoms with E-state index in [0.717, 1.165) is 12.1 Å². The molecule has 0 fully saturated rings. The van der Waals surface area contributed by atoms with Gasteiger partial charge in [-0.1, -0.05) is 24.3 Å². The van der Waals surface area contributed by atoms with Crippen molar-refractivity contribution < 1.29 is 50.1 Å². The fraction of sp³-hybridized carbons (Fsp3) is 0.0769. The number of aliphatic carboxylic acids is 1. The standard InChI is InChI=1S/C26H22O10/c27-18-7-2-14(11-21(18)30)1-6-17-16(4-9-20(29)25(17)33)5-10-24(32)36-23(26(34)35)13-15-3-8-19(28)22(31)12-15/h1-12,23,27-31,33H,13H2,(H,34,35)/t23-/m1/s1. The molecule has 186 valence electrons. The van der Waals surface area contributed by atoms with E-state index in [2.05, 4.69) is 0 Å². The number of hydrogen-bond acceptors (Lipinski definition) is 9. The van der Waals surface area contributed by atoms with Gasteiger partial charge in [-0.25, -0.2) is 9.59 Å². The lowest BCUT2D eigenvalue weighted by molar-refractivity contribution is -0.160. The molecule has 10 nitrogen and oxygen atoms in total. The minimum Gasteiger partial charge on any atom is -0.504 e. The molecule has 0 aliphatic rings. The predicted molar refractivity (Wildman–Crippen MR) is 128 cm³/mol. The number of carboxylic acid groups (broad SMARTS) is 1. The van der Waals surface area contributed by atoms with Crippen LogP contribution in [0.25, 0.3) is 18.2 Å². The first-order valence-corrected chi connectivity index (χ1v) is 10.4. The number of carboxylic acids is 1. The van der Waals surface area contributed by atoms with Gasteiger partial charge in [-0.3, -0.25) is 0 Å². The quantitative estimate of drug-likeness (QED) is 0.106. The third kappa shape index (κ3) is 6.26. The molecule has 0 bridgehead atoms. The van der Waals surface area contributed by atoms with E-state index in [4.69, 9.17) is 4.74 Å². The highest BCUT2D eigenvalue weighted by molar-refractivity contribution is 5.91. The summed E-state index contributed by atoms with van der Waals surface area (Å²) in [7, 11) is 0. The first-order valence-electron chi connectivity index (χ1n) is 10.4. The van der Waals surface area contributed by atoms with Gasteiger partial charge in [-0.05, 0) is 59.2 Å². The molecule has 0 saturated carbocycles. The average Bonchev–Trinajstić information content (AvgIpc) is 2.83. The molecule has 1 atom stereocenters. The highest BCUT2D eigenvalue weighted by Crippen LogP contribution is 2.34. The fourth-order valence-corrected chi connectivity index (χ4v) is 3.18. The lowest BCUT2D eigenvalue weighted by Gasteiger charge is -2.13. The van der Waals surface area contributed by atoms with Crippen molar-refractivity contribution in [2.45, 2.75) is 12.5 Å². The summed E-state index contributed by atoms with van der Waals surface area (Å²) in [5.74, 6) is -4.82. The number of ether oxygens (including phenoxy) is 1. The molecule has 0 aliphatic carbocycles. The lowest BCUT2D eigenvalue weighted by atomic mass is 10.0. The second-order valence-electron chi connectivity index (χ2n) is 7.64. The minimum absolute atomic E-state index is 0.112. The van der Waals surface area contributed by atoms with Crippen LogP contribution < -0.4 is 0 Å². The van der Waals surface area contributed by atoms with E-state index in [1.807, 2.05) is 0 Å². The second-order valence-corrected chi connectivity index (χ2v) is 7.64. The number of esters is 1. The van der Waals surface area contributed by atoms with Crippen molar-refractivity contribution in [2.24, 2.45) is 0 Å². The summed E-state index contributed by atoms with van der Waals surface area (Å²) in [5.41, 5.74) is 1.16. The maximum absolute atomic E-state index is 12.3. The molecule has 0 saturated heterocycles. The van der Waals surface area contributed by atoms with E-state index in [-0.39, 0.29) is 34.8 Å². The number of benzene rings is 3. The Labute approximate surface area is 204 Å². The normalized spacial score (nSPS) is 12.1. The smallest absolute Gasteiger partial charge is 0.345 e. The summed E-state index contributed by atoms with van der Waals surface area (Å²) < 4.78 is 5.00. The van der Waals surface area contributed by atoms with Crippen molar-refractivity contribution >= 4 is 30.2 Å². The fourth-order valence-electron chi connectivity index (χ4n) is 3.18. The van der Waals surface area contributed by atoms with Gasteiger partial charge in [0, 0.05) is 18.1 Å². The summed E-state index contributed by atoms with van der Waals surface area (Å²) in [5, 5.41) is 67.5. The van der Waals surface area contributed by atoms with E-state index in [9.17, 15) is 45.3 Å². The zero-order valence-corrected chi connectivity index (χ0v) is 18.6. The molecule has 0 spiro atoms. The van der Waals surface area contributed by atoms with Crippen LogP contribution in [0.15, 0.2) is 54.6 Å². The molecule has 7 N–H and O–H groups in total. The topological polar surface area (TPSA) is 185 Å². The first kappa shape index (κ1) is 25.5. The number of rotatable bonds is 8. The lowest BCUT2D eigenvalue weighted by Crippen LogP contribution is -2.28. The van der Waals surface area contributed by atoms with Crippen LogP contribution >= 0.6 is 0 Å². The van der Waals surface area contributed by atoms with Gasteiger partial charge in [-0.15, -0.1) is 0 Å². The van der Waals surface area contributed by atoms with Crippen molar-refractivity contribution in [3.05, 3.63) is 76.9 Å². The maximum atomic E-state index is 12.3. The Morgan fingerprint density at radius 2 is 1.39 bits per heavy atom. The van der Waals surface area contributed by atoms with Crippen LogP contribution in [0, 0.1) is 0 Å². The summed E-state index contributed by atoms with van der Waals surface area (Å²) >= 11 is 0. The van der Waals surface area contributed by atoms with E-state index in [0.29, 0.717) is 11.1 Å². The van der Waals surface area contributed by atoms with Gasteiger partial charge >= 0.3 is 11.9 Å². The van der Waals surface area contributed by atoms with E-state index in [1.54, 1.807) is 0 Å². The van der Waals surface area contributed by atoms with Gasteiger partial charge in [0.15, 0.2) is 34.5 Å². The van der Waals surface area contributed by atoms with Crippen molar-refractivity contribution in [2.75, 3.05) is 0 Å². The van der Waals surface area contributed by atoms with Gasteiger partial charge in [0.05, 0.1) is 0 Å². The average molecular weight is 494 g/mol. The molecule has 0 aliphatic heterocycles. The molecule has 3 aromatic carbocycles. The number of carbonyl (C=O) groups is 2. The Balaban J connectivity index is 1.79. The van der Waals surface area contributed by atoms with Crippen molar-refractivity contribution in [1.29, 1.82) is 0 Å². The Morgan fingerprint density at radius 1 is 0.750 bits per heavy atom. The molecular formula is C26H22O10. The van der Waals surface area contributed by atoms with Gasteiger partial charge in [0.25, 0.3) is 0 Å². The molecular weight excluding hydrogens is 472 g/mol. The van der Waals surface area contributed by atoms with Gasteiger partial charge in [0.1, 0.15) is 0 Å². The molecule has 10 heteroatoms. The maximum Gasteiger partial charge on any atom is 0.345 e. The van der Waals surface area contributed by atoms with Crippen LogP contribution in [0.2, 0.25) is 0 Å². The molecule has 0 radical (unpaired) electrons. The Kier molecular flexibility index (Phi) is 7.70. The highest BCUT2D eigenvalue weighted by Gasteiger charge is 2.22. The summed E-state index contributed by atoms with van der Waals surface area (Å²) in [6, 6.07) is 10.4. The van der Waals surface area contributed by atoms with Crippen LogP contribution in [0.3, 0.4) is 0 Å². The SMILES string of the molecule is O=C(C=Cc1ccc(O)c(O)c1C=Cc1ccc(O)c(O)c1)O[C@H](Cc1ccc(O)c(O)c1)C(=O)O. The summed E-state index contributed by atoms with van der Waals surface area (Å²) in [4.78, 5) is 23.9. The van der Waals surface area contributed by atoms with Crippen molar-refractivity contribution in [1.82, 2.24) is 0 Å². The molecule has 36 heavy (non-hydrogen) atoms. The third-order valence-electron chi connectivity index (χ3n) is 5.07. The van der Waals surface area contributed by atoms with E-state index in [1.165, 1.54) is 60.7 Å². The first-order chi connectivity index (χ1) is 17.0. The number of hydrogen-bond donors (Lipinski definition) is 7. The van der Waals surface area contributed by atoms with Crippen molar-refractivity contribution in [3.8, 4) is 34.5 Å². The second kappa shape index (κ2) is 10.9. The summed E-state index contributed by atoms with van der Waals surface area (Å²) in [6.07, 6.45) is 3.23. The van der Waals surface area contributed by atoms with Crippen LogP contribution in [0.1, 0.15) is 22.3 Å². The van der Waals surface area contributed by atoms with Gasteiger partial charge < -0.3 is 40.5 Å². The molecule has 0 unspecified atom stereocenters. The molecule has 3 rings (SSSR count). The van der Waals surface area contributed by atoms with Crippen LogP contribution in [-0.2, 0) is 20.7 Å². The van der Waals surface area contributed by atoms with Gasteiger partial charge in [0.2, 0.25) is 6.10 Å². The zero-order valence-electron chi connectivity index (χ0n) is 18.6. The number of phenolic OH excluding ortho intramolecular Hbond substituents is 6. The van der Waals surface area contributed by atoms with Crippen LogP contribution in [0.5, 0.6) is 34.5 Å².